The normalized spacial score (nSPS) is 17.1. The Hall–Kier alpha value is -2.93. The van der Waals surface area contributed by atoms with Crippen molar-refractivity contribution < 1.29 is 14.3 Å². The van der Waals surface area contributed by atoms with Gasteiger partial charge in [-0.25, -0.2) is 9.78 Å². The molecular formula is C23H26N4O3S. The van der Waals surface area contributed by atoms with Gasteiger partial charge >= 0.3 is 0 Å². The van der Waals surface area contributed by atoms with Gasteiger partial charge in [-0.3, -0.25) is 4.79 Å². The molecule has 4 rings (SSSR count). The minimum atomic E-state index is -0.336. The summed E-state index contributed by atoms with van der Waals surface area (Å²) < 4.78 is 6.91. The number of nitrogens with zero attached hydrogens (tertiary/aromatic N) is 2. The van der Waals surface area contributed by atoms with E-state index in [0.717, 1.165) is 41.2 Å². The minimum Gasteiger partial charge on any atom is -0.490 e. The SMILES string of the molecule is CC(C)Oc1cc2nc(C3CCNCC3)sc2cc1C(=O)NC1=CC=CN(C)C1=C=O. The lowest BCUT2D eigenvalue weighted by atomic mass is 9.99. The van der Waals surface area contributed by atoms with Gasteiger partial charge in [0, 0.05) is 25.2 Å². The second-order valence-corrected chi connectivity index (χ2v) is 9.06. The molecule has 162 valence electrons. The fraction of sp³-hybridized carbons (Fsp3) is 0.391. The van der Waals surface area contributed by atoms with Gasteiger partial charge in [-0.05, 0) is 58.0 Å². The van der Waals surface area contributed by atoms with E-state index in [0.29, 0.717) is 22.9 Å². The molecule has 1 saturated heterocycles. The number of likely N-dealkylation sites (N-methyl/N-ethyl adjacent to an activating group) is 1. The van der Waals surface area contributed by atoms with Crippen LogP contribution in [0.1, 0.15) is 48.0 Å². The van der Waals surface area contributed by atoms with Crippen molar-refractivity contribution in [3.63, 3.8) is 0 Å². The number of thiazole rings is 1. The lowest BCUT2D eigenvalue weighted by Crippen LogP contribution is -2.30. The summed E-state index contributed by atoms with van der Waals surface area (Å²) in [5.74, 6) is 2.48. The number of aromatic nitrogens is 1. The molecule has 8 heteroatoms. The number of fused-ring (bicyclic) bond motifs is 1. The monoisotopic (exact) mass is 438 g/mol. The molecule has 2 aliphatic rings. The molecule has 0 radical (unpaired) electrons. The first-order valence-electron chi connectivity index (χ1n) is 10.5. The molecule has 2 N–H and O–H groups in total. The standard InChI is InChI=1S/C23H26N4O3S/c1-14(2)30-20-12-18-21(31-23(26-18)15-6-8-24-9-7-15)11-16(20)22(29)25-17-5-4-10-27(3)19(17)13-28/h4-5,10-12,14-15,24H,6-9H2,1-3H3,(H,25,29). The molecule has 2 aliphatic heterocycles. The van der Waals surface area contributed by atoms with Crippen molar-refractivity contribution in [1.82, 2.24) is 20.5 Å². The Morgan fingerprint density at radius 2 is 2.13 bits per heavy atom. The van der Waals surface area contributed by atoms with Gasteiger partial charge in [0.1, 0.15) is 11.4 Å². The Kier molecular flexibility index (Phi) is 6.23. The van der Waals surface area contributed by atoms with E-state index >= 15 is 0 Å². The lowest BCUT2D eigenvalue weighted by molar-refractivity contribution is 0.0960. The number of ether oxygens (including phenoxy) is 1. The Labute approximate surface area is 185 Å². The third-order valence-corrected chi connectivity index (χ3v) is 6.51. The molecule has 2 aromatic rings. The van der Waals surface area contributed by atoms with Gasteiger partial charge in [0.05, 0.1) is 32.6 Å². The van der Waals surface area contributed by atoms with Crippen LogP contribution < -0.4 is 15.4 Å². The predicted octanol–water partition coefficient (Wildman–Crippen LogP) is 3.34. The summed E-state index contributed by atoms with van der Waals surface area (Å²) in [5, 5.41) is 7.33. The van der Waals surface area contributed by atoms with Gasteiger partial charge in [0.2, 0.25) is 0 Å². The average molecular weight is 439 g/mol. The number of carbonyl (C=O) groups is 1. The Bertz CT molecular complexity index is 1110. The largest absolute Gasteiger partial charge is 0.490 e. The van der Waals surface area contributed by atoms with Crippen LogP contribution in [0, 0.1) is 0 Å². The van der Waals surface area contributed by atoms with E-state index in [1.807, 2.05) is 31.9 Å². The van der Waals surface area contributed by atoms with E-state index in [9.17, 15) is 9.59 Å². The van der Waals surface area contributed by atoms with Crippen LogP contribution in [-0.4, -0.2) is 48.0 Å². The van der Waals surface area contributed by atoms with Crippen molar-refractivity contribution in [2.45, 2.75) is 38.7 Å². The van der Waals surface area contributed by atoms with Crippen molar-refractivity contribution in [1.29, 1.82) is 0 Å². The molecule has 31 heavy (non-hydrogen) atoms. The molecule has 1 aromatic carbocycles. The van der Waals surface area contributed by atoms with Gasteiger partial charge in [-0.15, -0.1) is 11.3 Å². The number of carbonyl (C=O) groups excluding carboxylic acids is 2. The average Bonchev–Trinajstić information content (AvgIpc) is 3.16. The first-order chi connectivity index (χ1) is 15.0. The smallest absolute Gasteiger partial charge is 0.259 e. The van der Waals surface area contributed by atoms with E-state index in [2.05, 4.69) is 10.6 Å². The molecule has 0 unspecified atom stereocenters. The van der Waals surface area contributed by atoms with Crippen LogP contribution in [0.25, 0.3) is 10.2 Å². The molecular weight excluding hydrogens is 412 g/mol. The summed E-state index contributed by atoms with van der Waals surface area (Å²) in [6.07, 6.45) is 7.22. The topological polar surface area (TPSA) is 83.6 Å². The summed E-state index contributed by atoms with van der Waals surface area (Å²) in [5.41, 5.74) is 1.94. The zero-order valence-electron chi connectivity index (χ0n) is 17.9. The van der Waals surface area contributed by atoms with Crippen molar-refractivity contribution in [3.05, 3.63) is 52.4 Å². The molecule has 7 nitrogen and oxygen atoms in total. The number of piperidine rings is 1. The van der Waals surface area contributed by atoms with E-state index in [1.165, 1.54) is 0 Å². The third kappa shape index (κ3) is 4.56. The van der Waals surface area contributed by atoms with E-state index in [4.69, 9.17) is 9.72 Å². The zero-order valence-corrected chi connectivity index (χ0v) is 18.7. The number of benzene rings is 1. The fourth-order valence-electron chi connectivity index (χ4n) is 3.77. The molecule has 0 saturated carbocycles. The van der Waals surface area contributed by atoms with Crippen LogP contribution in [0.2, 0.25) is 0 Å². The summed E-state index contributed by atoms with van der Waals surface area (Å²) >= 11 is 1.64. The molecule has 0 bridgehead atoms. The van der Waals surface area contributed by atoms with Crippen LogP contribution in [0.3, 0.4) is 0 Å². The van der Waals surface area contributed by atoms with Gasteiger partial charge in [0.25, 0.3) is 5.91 Å². The van der Waals surface area contributed by atoms with Crippen molar-refractivity contribution in [2.24, 2.45) is 0 Å². The number of allylic oxidation sites excluding steroid dienone is 2. The summed E-state index contributed by atoms with van der Waals surface area (Å²) in [4.78, 5) is 31.0. The van der Waals surface area contributed by atoms with Crippen LogP contribution >= 0.6 is 11.3 Å². The van der Waals surface area contributed by atoms with Gasteiger partial charge in [0.15, 0.2) is 5.94 Å². The van der Waals surface area contributed by atoms with Gasteiger partial charge in [-0.2, -0.15) is 0 Å². The zero-order chi connectivity index (χ0) is 22.0. The highest BCUT2D eigenvalue weighted by molar-refractivity contribution is 7.18. The minimum absolute atomic E-state index is 0.0973. The Morgan fingerprint density at radius 3 is 2.84 bits per heavy atom. The number of hydrogen-bond donors (Lipinski definition) is 2. The first kappa shape index (κ1) is 21.3. The fourth-order valence-corrected chi connectivity index (χ4v) is 4.93. The van der Waals surface area contributed by atoms with Crippen molar-refractivity contribution in [2.75, 3.05) is 20.1 Å². The van der Waals surface area contributed by atoms with Crippen molar-refractivity contribution >= 4 is 33.4 Å². The summed E-state index contributed by atoms with van der Waals surface area (Å²) in [6.45, 7) is 5.84. The second kappa shape index (κ2) is 9.06. The maximum absolute atomic E-state index is 13.2. The van der Waals surface area contributed by atoms with Crippen LogP contribution in [0.4, 0.5) is 0 Å². The van der Waals surface area contributed by atoms with E-state index < -0.39 is 0 Å². The van der Waals surface area contributed by atoms with E-state index in [-0.39, 0.29) is 17.7 Å². The number of nitrogens with one attached hydrogen (secondary N) is 2. The number of rotatable bonds is 5. The summed E-state index contributed by atoms with van der Waals surface area (Å²) in [7, 11) is 1.73. The highest BCUT2D eigenvalue weighted by Gasteiger charge is 2.23. The summed E-state index contributed by atoms with van der Waals surface area (Å²) in [6, 6.07) is 3.70. The Morgan fingerprint density at radius 1 is 1.35 bits per heavy atom. The highest BCUT2D eigenvalue weighted by atomic mass is 32.1. The molecule has 1 fully saturated rings. The molecule has 0 atom stereocenters. The third-order valence-electron chi connectivity index (χ3n) is 5.33. The van der Waals surface area contributed by atoms with Gasteiger partial charge < -0.3 is 20.3 Å². The maximum Gasteiger partial charge on any atom is 0.259 e. The van der Waals surface area contributed by atoms with Crippen LogP contribution in [0.5, 0.6) is 5.75 Å². The predicted molar refractivity (Wildman–Crippen MR) is 122 cm³/mol. The first-order valence-corrected chi connectivity index (χ1v) is 11.3. The molecule has 1 amide bonds. The van der Waals surface area contributed by atoms with Crippen LogP contribution in [0.15, 0.2) is 41.9 Å². The second-order valence-electron chi connectivity index (χ2n) is 8.00. The highest BCUT2D eigenvalue weighted by Crippen LogP contribution is 2.36. The molecule has 0 aliphatic carbocycles. The van der Waals surface area contributed by atoms with Gasteiger partial charge in [-0.1, -0.05) is 0 Å². The number of hydrogen-bond acceptors (Lipinski definition) is 7. The molecule has 0 spiro atoms. The lowest BCUT2D eigenvalue weighted by Gasteiger charge is -2.21. The molecule has 3 heterocycles. The quantitative estimate of drug-likeness (QED) is 0.697. The number of amides is 1. The maximum atomic E-state index is 13.2. The van der Waals surface area contributed by atoms with Crippen LogP contribution in [-0.2, 0) is 4.79 Å². The Balaban J connectivity index is 1.69. The van der Waals surface area contributed by atoms with E-state index in [1.54, 1.807) is 41.6 Å². The molecule has 1 aromatic heterocycles. The van der Waals surface area contributed by atoms with Crippen molar-refractivity contribution in [3.8, 4) is 5.75 Å².